The molecule has 1 aromatic heterocycles. The first kappa shape index (κ1) is 16.1. The van der Waals surface area contributed by atoms with Gasteiger partial charge in [0, 0.05) is 18.8 Å². The number of anilines is 1. The number of furan rings is 1. The highest BCUT2D eigenvalue weighted by Crippen LogP contribution is 2.18. The number of carbonyl (C=O) groups is 2. The largest absolute Gasteiger partial charge is 0.467 e. The average molecular weight is 327 g/mol. The van der Waals surface area contributed by atoms with Crippen molar-refractivity contribution in [2.45, 2.75) is 19.4 Å². The number of benzene rings is 1. The molecule has 1 aliphatic rings. The molecule has 1 atom stereocenters. The van der Waals surface area contributed by atoms with Crippen LogP contribution < -0.4 is 10.6 Å². The van der Waals surface area contributed by atoms with Gasteiger partial charge in [-0.15, -0.1) is 0 Å². The Kier molecular flexibility index (Phi) is 5.15. The number of likely N-dealkylation sites (tertiary alicyclic amines) is 1. The third-order valence-corrected chi connectivity index (χ3v) is 4.12. The topological polar surface area (TPSA) is 74.6 Å². The van der Waals surface area contributed by atoms with Gasteiger partial charge in [-0.05, 0) is 37.1 Å². The van der Waals surface area contributed by atoms with Crippen molar-refractivity contribution in [3.63, 3.8) is 0 Å². The SMILES string of the molecule is O=C(NCc1ccco1)[C@@H]1CCCN(C(=O)Nc2ccccc2)C1. The molecule has 2 aromatic rings. The molecule has 1 aromatic carbocycles. The predicted molar refractivity (Wildman–Crippen MR) is 90.3 cm³/mol. The first-order chi connectivity index (χ1) is 11.7. The van der Waals surface area contributed by atoms with E-state index in [4.69, 9.17) is 4.42 Å². The molecule has 2 heterocycles. The maximum atomic E-state index is 12.3. The van der Waals surface area contributed by atoms with Crippen LogP contribution in [0.5, 0.6) is 0 Å². The van der Waals surface area contributed by atoms with Crippen molar-refractivity contribution in [2.75, 3.05) is 18.4 Å². The molecule has 1 saturated heterocycles. The summed E-state index contributed by atoms with van der Waals surface area (Å²) in [5, 5.41) is 5.74. The van der Waals surface area contributed by atoms with Crippen molar-refractivity contribution < 1.29 is 14.0 Å². The fourth-order valence-electron chi connectivity index (χ4n) is 2.83. The van der Waals surface area contributed by atoms with Crippen LogP contribution >= 0.6 is 0 Å². The van der Waals surface area contributed by atoms with Crippen LogP contribution in [0.4, 0.5) is 10.5 Å². The van der Waals surface area contributed by atoms with Gasteiger partial charge in [0.1, 0.15) is 5.76 Å². The minimum absolute atomic E-state index is 0.0383. The second kappa shape index (κ2) is 7.68. The quantitative estimate of drug-likeness (QED) is 0.907. The molecule has 0 saturated carbocycles. The van der Waals surface area contributed by atoms with Crippen LogP contribution in [-0.2, 0) is 11.3 Å². The number of urea groups is 1. The summed E-state index contributed by atoms with van der Waals surface area (Å²) >= 11 is 0. The number of para-hydroxylation sites is 1. The molecule has 0 spiro atoms. The standard InChI is InChI=1S/C18H21N3O3/c22-17(19-12-16-9-5-11-24-16)14-6-4-10-21(13-14)18(23)20-15-7-2-1-3-8-15/h1-3,5,7-9,11,14H,4,6,10,12-13H2,(H,19,22)(H,20,23)/t14-/m1/s1. The van der Waals surface area contributed by atoms with E-state index < -0.39 is 0 Å². The van der Waals surface area contributed by atoms with Gasteiger partial charge >= 0.3 is 6.03 Å². The number of amides is 3. The van der Waals surface area contributed by atoms with Gasteiger partial charge in [0.2, 0.25) is 5.91 Å². The monoisotopic (exact) mass is 327 g/mol. The van der Waals surface area contributed by atoms with Gasteiger partial charge in [0.25, 0.3) is 0 Å². The summed E-state index contributed by atoms with van der Waals surface area (Å²) in [6, 6.07) is 12.8. The van der Waals surface area contributed by atoms with Crippen molar-refractivity contribution in [1.82, 2.24) is 10.2 Å². The zero-order valence-corrected chi connectivity index (χ0v) is 13.4. The second-order valence-electron chi connectivity index (χ2n) is 5.88. The normalized spacial score (nSPS) is 17.3. The fourth-order valence-corrected chi connectivity index (χ4v) is 2.83. The summed E-state index contributed by atoms with van der Waals surface area (Å²) in [7, 11) is 0. The number of piperidine rings is 1. The average Bonchev–Trinajstić information content (AvgIpc) is 3.14. The maximum absolute atomic E-state index is 12.3. The number of rotatable bonds is 4. The highest BCUT2D eigenvalue weighted by atomic mass is 16.3. The Morgan fingerprint density at radius 2 is 2.00 bits per heavy atom. The van der Waals surface area contributed by atoms with Crippen LogP contribution in [-0.4, -0.2) is 29.9 Å². The fraction of sp³-hybridized carbons (Fsp3) is 0.333. The smallest absolute Gasteiger partial charge is 0.321 e. The van der Waals surface area contributed by atoms with E-state index in [1.54, 1.807) is 17.2 Å². The van der Waals surface area contributed by atoms with E-state index in [9.17, 15) is 9.59 Å². The van der Waals surface area contributed by atoms with Crippen LogP contribution in [0.3, 0.4) is 0 Å². The molecule has 24 heavy (non-hydrogen) atoms. The van der Waals surface area contributed by atoms with Crippen molar-refractivity contribution in [3.8, 4) is 0 Å². The molecule has 1 aliphatic heterocycles. The van der Waals surface area contributed by atoms with E-state index >= 15 is 0 Å². The van der Waals surface area contributed by atoms with Crippen LogP contribution in [0.2, 0.25) is 0 Å². The summed E-state index contributed by atoms with van der Waals surface area (Å²) < 4.78 is 5.21. The second-order valence-corrected chi connectivity index (χ2v) is 5.88. The molecule has 126 valence electrons. The van der Waals surface area contributed by atoms with Crippen LogP contribution in [0, 0.1) is 5.92 Å². The van der Waals surface area contributed by atoms with Gasteiger partial charge in [-0.25, -0.2) is 4.79 Å². The maximum Gasteiger partial charge on any atom is 0.321 e. The van der Waals surface area contributed by atoms with Crippen molar-refractivity contribution in [1.29, 1.82) is 0 Å². The third-order valence-electron chi connectivity index (χ3n) is 4.12. The minimum Gasteiger partial charge on any atom is -0.467 e. The lowest BCUT2D eigenvalue weighted by Gasteiger charge is -2.32. The van der Waals surface area contributed by atoms with Crippen LogP contribution in [0.1, 0.15) is 18.6 Å². The number of hydrogen-bond donors (Lipinski definition) is 2. The summed E-state index contributed by atoms with van der Waals surface area (Å²) in [5.41, 5.74) is 0.756. The number of carbonyl (C=O) groups excluding carboxylic acids is 2. The molecule has 0 aliphatic carbocycles. The van der Waals surface area contributed by atoms with Gasteiger partial charge in [0.05, 0.1) is 18.7 Å². The Morgan fingerprint density at radius 1 is 1.17 bits per heavy atom. The van der Waals surface area contributed by atoms with Gasteiger partial charge in [0.15, 0.2) is 0 Å². The zero-order chi connectivity index (χ0) is 16.8. The van der Waals surface area contributed by atoms with Gasteiger partial charge in [-0.1, -0.05) is 18.2 Å². The first-order valence-electron chi connectivity index (χ1n) is 8.13. The van der Waals surface area contributed by atoms with Gasteiger partial charge in [-0.2, -0.15) is 0 Å². The molecule has 2 N–H and O–H groups in total. The number of hydrogen-bond acceptors (Lipinski definition) is 3. The Morgan fingerprint density at radius 3 is 2.75 bits per heavy atom. The van der Waals surface area contributed by atoms with Gasteiger partial charge in [-0.3, -0.25) is 4.79 Å². The third kappa shape index (κ3) is 4.16. The van der Waals surface area contributed by atoms with Crippen molar-refractivity contribution in [2.24, 2.45) is 5.92 Å². The molecule has 3 amide bonds. The number of nitrogens with zero attached hydrogens (tertiary/aromatic N) is 1. The lowest BCUT2D eigenvalue weighted by Crippen LogP contribution is -2.46. The van der Waals surface area contributed by atoms with E-state index in [2.05, 4.69) is 10.6 Å². The zero-order valence-electron chi connectivity index (χ0n) is 13.4. The van der Waals surface area contributed by atoms with E-state index in [0.717, 1.165) is 24.3 Å². The summed E-state index contributed by atoms with van der Waals surface area (Å²) in [5.74, 6) is 0.497. The Hall–Kier alpha value is -2.76. The first-order valence-corrected chi connectivity index (χ1v) is 8.13. The molecular weight excluding hydrogens is 306 g/mol. The van der Waals surface area contributed by atoms with Crippen molar-refractivity contribution >= 4 is 17.6 Å². The summed E-state index contributed by atoms with van der Waals surface area (Å²) in [6.45, 7) is 1.47. The molecule has 1 fully saturated rings. The highest BCUT2D eigenvalue weighted by molar-refractivity contribution is 5.90. The Bertz CT molecular complexity index is 670. The van der Waals surface area contributed by atoms with E-state index in [0.29, 0.717) is 19.6 Å². The molecule has 0 unspecified atom stereocenters. The van der Waals surface area contributed by atoms with Crippen molar-refractivity contribution in [3.05, 3.63) is 54.5 Å². The number of nitrogens with one attached hydrogen (secondary N) is 2. The van der Waals surface area contributed by atoms with Gasteiger partial charge < -0.3 is 20.0 Å². The van der Waals surface area contributed by atoms with Crippen LogP contribution in [0.15, 0.2) is 53.1 Å². The Balaban J connectivity index is 1.51. The summed E-state index contributed by atoms with van der Waals surface area (Å²) in [4.78, 5) is 26.4. The highest BCUT2D eigenvalue weighted by Gasteiger charge is 2.28. The lowest BCUT2D eigenvalue weighted by atomic mass is 9.97. The van der Waals surface area contributed by atoms with Crippen LogP contribution in [0.25, 0.3) is 0 Å². The predicted octanol–water partition coefficient (Wildman–Crippen LogP) is 2.84. The minimum atomic E-state index is -0.185. The molecule has 3 rings (SSSR count). The van der Waals surface area contributed by atoms with E-state index in [1.165, 1.54) is 0 Å². The lowest BCUT2D eigenvalue weighted by molar-refractivity contribution is -0.126. The molecule has 0 bridgehead atoms. The molecule has 6 heteroatoms. The summed E-state index contributed by atoms with van der Waals surface area (Å²) in [6.07, 6.45) is 3.19. The Labute approximate surface area is 140 Å². The molecular formula is C18H21N3O3. The molecule has 0 radical (unpaired) electrons. The molecule has 6 nitrogen and oxygen atoms in total. The van der Waals surface area contributed by atoms with E-state index in [1.807, 2.05) is 36.4 Å². The van der Waals surface area contributed by atoms with E-state index in [-0.39, 0.29) is 17.9 Å².